The molecule has 0 unspecified atom stereocenters. The maximum Gasteiger partial charge on any atom is 0.128 e. The first-order valence-corrected chi connectivity index (χ1v) is 8.73. The van der Waals surface area contributed by atoms with Gasteiger partial charge in [0.05, 0.1) is 30.2 Å². The van der Waals surface area contributed by atoms with Gasteiger partial charge in [0.15, 0.2) is 0 Å². The fourth-order valence-corrected chi connectivity index (χ4v) is 3.37. The summed E-state index contributed by atoms with van der Waals surface area (Å²) in [5.41, 5.74) is 4.53. The minimum absolute atomic E-state index is 0.263. The summed E-state index contributed by atoms with van der Waals surface area (Å²) >= 11 is 0. The third kappa shape index (κ3) is 3.54. The number of pyridine rings is 1. The van der Waals surface area contributed by atoms with E-state index in [1.54, 1.807) is 12.1 Å². The molecule has 2 aliphatic rings. The van der Waals surface area contributed by atoms with E-state index in [4.69, 9.17) is 4.74 Å². The average molecular weight is 352 g/mol. The summed E-state index contributed by atoms with van der Waals surface area (Å²) in [6, 6.07) is 12.1. The molecule has 0 aliphatic carbocycles. The first-order valence-electron chi connectivity index (χ1n) is 8.73. The van der Waals surface area contributed by atoms with Gasteiger partial charge in [-0.15, -0.1) is 0 Å². The normalized spacial score (nSPS) is 16.6. The van der Waals surface area contributed by atoms with E-state index in [1.807, 2.05) is 36.5 Å². The molecule has 0 amide bonds. The first-order chi connectivity index (χ1) is 12.7. The molecule has 2 aliphatic heterocycles. The fraction of sp³-hybridized carbons (Fsp3) is 0.300. The van der Waals surface area contributed by atoms with E-state index in [0.29, 0.717) is 12.4 Å². The summed E-state index contributed by atoms with van der Waals surface area (Å²) in [7, 11) is 1.99. The molecule has 134 valence electrons. The monoisotopic (exact) mass is 352 g/mol. The van der Waals surface area contributed by atoms with Crippen molar-refractivity contribution < 1.29 is 9.13 Å². The van der Waals surface area contributed by atoms with E-state index in [1.165, 1.54) is 17.7 Å². The zero-order valence-electron chi connectivity index (χ0n) is 14.7. The van der Waals surface area contributed by atoms with Crippen LogP contribution in [-0.4, -0.2) is 47.3 Å². The lowest BCUT2D eigenvalue weighted by Crippen LogP contribution is -2.35. The van der Waals surface area contributed by atoms with Crippen LogP contribution in [0.4, 0.5) is 4.39 Å². The Morgan fingerprint density at radius 3 is 2.77 bits per heavy atom. The lowest BCUT2D eigenvalue weighted by molar-refractivity contribution is 0.254. The molecule has 0 N–H and O–H groups in total. The summed E-state index contributed by atoms with van der Waals surface area (Å²) in [6.45, 7) is 2.84. The average Bonchev–Trinajstić information content (AvgIpc) is 3.03. The smallest absolute Gasteiger partial charge is 0.128 e. The number of likely N-dealkylation sites (N-methyl/N-ethyl adjacent to an activating group) is 1. The molecule has 0 saturated carbocycles. The second-order valence-electron chi connectivity index (χ2n) is 6.52. The molecule has 4 rings (SSSR count). The number of hydrazone groups is 1. The van der Waals surface area contributed by atoms with Gasteiger partial charge in [-0.2, -0.15) is 5.10 Å². The molecule has 0 bridgehead atoms. The van der Waals surface area contributed by atoms with Gasteiger partial charge in [-0.25, -0.2) is 4.39 Å². The lowest BCUT2D eigenvalue weighted by Gasteiger charge is -2.32. The number of benzene rings is 1. The van der Waals surface area contributed by atoms with Crippen molar-refractivity contribution in [3.05, 3.63) is 71.4 Å². The number of ether oxygens (including phenoxy) is 1. The highest BCUT2D eigenvalue weighted by atomic mass is 19.1. The highest BCUT2D eigenvalue weighted by Crippen LogP contribution is 2.27. The number of aromatic nitrogens is 1. The molecule has 0 spiro atoms. The number of hydrogen-bond acceptors (Lipinski definition) is 5. The van der Waals surface area contributed by atoms with Crippen molar-refractivity contribution in [1.82, 2.24) is 14.9 Å². The standard InChI is InChI=1S/C20H21FN4O/c1-24-13-18-19(23-24)9-11-25(12-16-4-2-3-10-22-16)20(18)14-26-17-7-5-15(21)6-8-17/h2-8,10H,9,11-14H2,1H3. The molecule has 1 aromatic carbocycles. The molecular weight excluding hydrogens is 331 g/mol. The molecule has 1 aromatic heterocycles. The highest BCUT2D eigenvalue weighted by molar-refractivity contribution is 6.03. The number of halogens is 1. The number of fused-ring (bicyclic) bond motifs is 1. The van der Waals surface area contributed by atoms with Gasteiger partial charge in [-0.05, 0) is 36.4 Å². The van der Waals surface area contributed by atoms with Gasteiger partial charge in [-0.1, -0.05) is 6.07 Å². The molecule has 26 heavy (non-hydrogen) atoms. The Morgan fingerprint density at radius 2 is 2.00 bits per heavy atom. The summed E-state index contributed by atoms with van der Waals surface area (Å²) in [4.78, 5) is 6.77. The maximum atomic E-state index is 13.1. The Bertz CT molecular complexity index is 833. The Balaban J connectivity index is 1.57. The second kappa shape index (κ2) is 7.15. The summed E-state index contributed by atoms with van der Waals surface area (Å²) < 4.78 is 19.1. The van der Waals surface area contributed by atoms with E-state index < -0.39 is 0 Å². The summed E-state index contributed by atoms with van der Waals surface area (Å²) in [5.74, 6) is 0.397. The van der Waals surface area contributed by atoms with Crippen molar-refractivity contribution in [2.75, 3.05) is 26.7 Å². The molecule has 0 radical (unpaired) electrons. The van der Waals surface area contributed by atoms with Gasteiger partial charge < -0.3 is 9.64 Å². The Morgan fingerprint density at radius 1 is 1.15 bits per heavy atom. The van der Waals surface area contributed by atoms with Crippen LogP contribution in [0.2, 0.25) is 0 Å². The van der Waals surface area contributed by atoms with E-state index in [9.17, 15) is 4.39 Å². The van der Waals surface area contributed by atoms with Crippen LogP contribution < -0.4 is 4.74 Å². The maximum absolute atomic E-state index is 13.1. The zero-order valence-corrected chi connectivity index (χ0v) is 14.7. The Kier molecular flexibility index (Phi) is 4.56. The predicted molar refractivity (Wildman–Crippen MR) is 98.3 cm³/mol. The lowest BCUT2D eigenvalue weighted by atomic mass is 10.0. The van der Waals surface area contributed by atoms with E-state index >= 15 is 0 Å². The molecule has 6 heteroatoms. The molecule has 0 saturated heterocycles. The van der Waals surface area contributed by atoms with Crippen LogP contribution in [-0.2, 0) is 6.54 Å². The zero-order chi connectivity index (χ0) is 17.9. The number of nitrogens with zero attached hydrogens (tertiary/aromatic N) is 4. The van der Waals surface area contributed by atoms with Gasteiger partial charge >= 0.3 is 0 Å². The predicted octanol–water partition coefficient (Wildman–Crippen LogP) is 3.06. The molecule has 5 nitrogen and oxygen atoms in total. The van der Waals surface area contributed by atoms with Crippen LogP contribution in [0.1, 0.15) is 12.1 Å². The quantitative estimate of drug-likeness (QED) is 0.829. The molecule has 2 aromatic rings. The first kappa shape index (κ1) is 16.6. The Hall–Kier alpha value is -2.89. The SMILES string of the molecule is CN1CC2=C(COc3ccc(F)cc3)N(Cc3ccccn3)CCC2=N1. The van der Waals surface area contributed by atoms with Crippen molar-refractivity contribution in [2.45, 2.75) is 13.0 Å². The van der Waals surface area contributed by atoms with Crippen LogP contribution in [0.15, 0.2) is 65.0 Å². The van der Waals surface area contributed by atoms with E-state index in [2.05, 4.69) is 15.0 Å². The van der Waals surface area contributed by atoms with Crippen molar-refractivity contribution in [1.29, 1.82) is 0 Å². The van der Waals surface area contributed by atoms with Gasteiger partial charge in [0.25, 0.3) is 0 Å². The van der Waals surface area contributed by atoms with Gasteiger partial charge in [0.2, 0.25) is 0 Å². The van der Waals surface area contributed by atoms with Gasteiger partial charge in [0, 0.05) is 31.8 Å². The third-order valence-corrected chi connectivity index (χ3v) is 4.64. The second-order valence-corrected chi connectivity index (χ2v) is 6.52. The van der Waals surface area contributed by atoms with Crippen LogP contribution in [0.5, 0.6) is 5.75 Å². The Labute approximate surface area is 152 Å². The van der Waals surface area contributed by atoms with Crippen molar-refractivity contribution in [2.24, 2.45) is 5.10 Å². The van der Waals surface area contributed by atoms with Gasteiger partial charge in [0.1, 0.15) is 18.2 Å². The molecule has 0 atom stereocenters. The molecule has 3 heterocycles. The van der Waals surface area contributed by atoms with Crippen molar-refractivity contribution >= 4 is 5.71 Å². The molecule has 0 fully saturated rings. The van der Waals surface area contributed by atoms with E-state index in [-0.39, 0.29) is 5.82 Å². The minimum Gasteiger partial charge on any atom is -0.487 e. The summed E-state index contributed by atoms with van der Waals surface area (Å²) in [6.07, 6.45) is 2.74. The van der Waals surface area contributed by atoms with Crippen LogP contribution >= 0.6 is 0 Å². The van der Waals surface area contributed by atoms with Crippen LogP contribution in [0, 0.1) is 5.82 Å². The van der Waals surface area contributed by atoms with Crippen molar-refractivity contribution in [3.8, 4) is 5.75 Å². The topological polar surface area (TPSA) is 41.0 Å². The largest absolute Gasteiger partial charge is 0.487 e. The summed E-state index contributed by atoms with van der Waals surface area (Å²) in [5, 5.41) is 6.58. The van der Waals surface area contributed by atoms with E-state index in [0.717, 1.165) is 43.2 Å². The van der Waals surface area contributed by atoms with Crippen molar-refractivity contribution in [3.63, 3.8) is 0 Å². The molecular formula is C20H21FN4O. The number of rotatable bonds is 5. The van der Waals surface area contributed by atoms with Gasteiger partial charge in [-0.3, -0.25) is 9.99 Å². The number of hydrogen-bond donors (Lipinski definition) is 0. The highest BCUT2D eigenvalue weighted by Gasteiger charge is 2.29. The third-order valence-electron chi connectivity index (χ3n) is 4.64. The minimum atomic E-state index is -0.263. The van der Waals surface area contributed by atoms with Crippen LogP contribution in [0.3, 0.4) is 0 Å². The fourth-order valence-electron chi connectivity index (χ4n) is 3.37. The van der Waals surface area contributed by atoms with Crippen LogP contribution in [0.25, 0.3) is 0 Å².